The van der Waals surface area contributed by atoms with Gasteiger partial charge < -0.3 is 9.55 Å². The van der Waals surface area contributed by atoms with E-state index in [2.05, 4.69) is 101 Å². The average Bonchev–Trinajstić information content (AvgIpc) is 3.30. The van der Waals surface area contributed by atoms with Crippen LogP contribution in [0.5, 0.6) is 0 Å². The highest BCUT2D eigenvalue weighted by molar-refractivity contribution is 6.24. The lowest BCUT2D eigenvalue weighted by Gasteiger charge is -2.05. The Bertz CT molecular complexity index is 1420. The maximum Gasteiger partial charge on any atom is 0.0560 e. The van der Waals surface area contributed by atoms with Crippen molar-refractivity contribution in [2.45, 2.75) is 0 Å². The van der Waals surface area contributed by atoms with Gasteiger partial charge in [0.15, 0.2) is 0 Å². The van der Waals surface area contributed by atoms with Crippen molar-refractivity contribution in [3.63, 3.8) is 0 Å². The van der Waals surface area contributed by atoms with Gasteiger partial charge in [0.2, 0.25) is 0 Å². The summed E-state index contributed by atoms with van der Waals surface area (Å²) >= 11 is 0. The molecule has 0 saturated heterocycles. The van der Waals surface area contributed by atoms with Gasteiger partial charge in [0, 0.05) is 33.6 Å². The molecule has 26 heavy (non-hydrogen) atoms. The van der Waals surface area contributed by atoms with Crippen molar-refractivity contribution in [1.82, 2.24) is 9.55 Å². The van der Waals surface area contributed by atoms with Crippen LogP contribution in [0.1, 0.15) is 0 Å². The van der Waals surface area contributed by atoms with E-state index in [0.717, 1.165) is 0 Å². The maximum atomic E-state index is 3.66. The molecule has 6 aromatic rings. The molecule has 2 nitrogen and oxygen atoms in total. The van der Waals surface area contributed by atoms with Crippen molar-refractivity contribution in [3.05, 3.63) is 91.1 Å². The molecule has 0 unspecified atom stereocenters. The number of rotatable bonds is 1. The van der Waals surface area contributed by atoms with Crippen molar-refractivity contribution in [3.8, 4) is 5.69 Å². The first-order valence-electron chi connectivity index (χ1n) is 8.89. The highest BCUT2D eigenvalue weighted by Gasteiger charge is 2.12. The minimum atomic E-state index is 1.18. The Balaban J connectivity index is 1.75. The van der Waals surface area contributed by atoms with E-state index in [9.17, 15) is 0 Å². The lowest BCUT2D eigenvalue weighted by atomic mass is 10.0. The van der Waals surface area contributed by atoms with Crippen LogP contribution in [0.25, 0.3) is 49.2 Å². The molecule has 0 radical (unpaired) electrons. The van der Waals surface area contributed by atoms with Crippen molar-refractivity contribution in [2.24, 2.45) is 0 Å². The Morgan fingerprint density at radius 3 is 2.38 bits per heavy atom. The molecule has 1 N–H and O–H groups in total. The predicted octanol–water partition coefficient (Wildman–Crippen LogP) is 6.42. The quantitative estimate of drug-likeness (QED) is 0.359. The Hall–Kier alpha value is -3.52. The number of para-hydroxylation sites is 1. The minimum Gasteiger partial charge on any atom is -0.354 e. The number of hydrogen-bond acceptors (Lipinski definition) is 0. The number of benzene rings is 4. The Morgan fingerprint density at radius 1 is 0.615 bits per heavy atom. The van der Waals surface area contributed by atoms with Crippen molar-refractivity contribution >= 4 is 43.5 Å². The second-order valence-corrected chi connectivity index (χ2v) is 6.78. The summed E-state index contributed by atoms with van der Waals surface area (Å²) in [5.41, 5.74) is 4.81. The van der Waals surface area contributed by atoms with E-state index in [-0.39, 0.29) is 0 Å². The van der Waals surface area contributed by atoms with Crippen LogP contribution >= 0.6 is 0 Å². The van der Waals surface area contributed by atoms with Crippen LogP contribution in [0.2, 0.25) is 0 Å². The van der Waals surface area contributed by atoms with Gasteiger partial charge in [-0.3, -0.25) is 0 Å². The summed E-state index contributed by atoms with van der Waals surface area (Å²) < 4.78 is 2.25. The summed E-state index contributed by atoms with van der Waals surface area (Å²) in [7, 11) is 0. The summed E-state index contributed by atoms with van der Waals surface area (Å²) in [6, 6.07) is 30.2. The summed E-state index contributed by atoms with van der Waals surface area (Å²) in [5, 5.41) is 6.44. The zero-order valence-electron chi connectivity index (χ0n) is 14.1. The highest BCUT2D eigenvalue weighted by atomic mass is 15.0. The molecule has 0 aliphatic rings. The van der Waals surface area contributed by atoms with E-state index in [1.807, 2.05) is 0 Å². The van der Waals surface area contributed by atoms with Gasteiger partial charge in [0.25, 0.3) is 0 Å². The molecule has 0 spiro atoms. The minimum absolute atomic E-state index is 1.18. The first kappa shape index (κ1) is 13.7. The monoisotopic (exact) mass is 332 g/mol. The predicted molar refractivity (Wildman–Crippen MR) is 110 cm³/mol. The molecule has 0 fully saturated rings. The normalized spacial score (nSPS) is 11.8. The van der Waals surface area contributed by atoms with Gasteiger partial charge in [-0.25, -0.2) is 0 Å². The SMILES string of the molecule is c1ccc(-n2ccc3c4[nH]c5ccc6ccccc6c5c4ccc32)cc1. The van der Waals surface area contributed by atoms with Crippen molar-refractivity contribution < 1.29 is 0 Å². The van der Waals surface area contributed by atoms with Gasteiger partial charge >= 0.3 is 0 Å². The van der Waals surface area contributed by atoms with Gasteiger partial charge in [0.1, 0.15) is 0 Å². The highest BCUT2D eigenvalue weighted by Crippen LogP contribution is 2.36. The average molecular weight is 332 g/mol. The summed E-state index contributed by atoms with van der Waals surface area (Å²) in [6.07, 6.45) is 2.16. The summed E-state index contributed by atoms with van der Waals surface area (Å²) in [6.45, 7) is 0. The first-order chi connectivity index (χ1) is 12.9. The zero-order chi connectivity index (χ0) is 17.1. The molecular weight excluding hydrogens is 316 g/mol. The number of aromatic amines is 1. The molecule has 2 aromatic heterocycles. The number of H-pyrrole nitrogens is 1. The standard InChI is InChI=1S/C24H16N2/c1-2-7-17(8-3-1)26-15-14-19-22(26)13-11-20-23-18-9-5-4-6-16(18)10-12-21(23)25-24(19)20/h1-15,25H. The molecule has 0 amide bonds. The molecule has 0 aliphatic heterocycles. The molecule has 2 heterocycles. The van der Waals surface area contributed by atoms with Gasteiger partial charge in [-0.05, 0) is 41.1 Å². The third-order valence-corrected chi connectivity index (χ3v) is 5.36. The number of nitrogens with one attached hydrogen (secondary N) is 1. The third kappa shape index (κ3) is 1.76. The van der Waals surface area contributed by atoms with Crippen LogP contribution in [-0.2, 0) is 0 Å². The third-order valence-electron chi connectivity index (χ3n) is 5.36. The topological polar surface area (TPSA) is 20.7 Å². The van der Waals surface area contributed by atoms with Gasteiger partial charge in [-0.2, -0.15) is 0 Å². The zero-order valence-corrected chi connectivity index (χ0v) is 14.1. The van der Waals surface area contributed by atoms with E-state index >= 15 is 0 Å². The van der Waals surface area contributed by atoms with Crippen LogP contribution in [-0.4, -0.2) is 9.55 Å². The second-order valence-electron chi connectivity index (χ2n) is 6.78. The van der Waals surface area contributed by atoms with Crippen LogP contribution in [0, 0.1) is 0 Å². The van der Waals surface area contributed by atoms with Crippen LogP contribution < -0.4 is 0 Å². The molecule has 0 saturated carbocycles. The van der Waals surface area contributed by atoms with E-state index in [4.69, 9.17) is 0 Å². The smallest absolute Gasteiger partial charge is 0.0560 e. The van der Waals surface area contributed by atoms with Crippen molar-refractivity contribution in [1.29, 1.82) is 0 Å². The van der Waals surface area contributed by atoms with Gasteiger partial charge in [-0.15, -0.1) is 0 Å². The van der Waals surface area contributed by atoms with E-state index < -0.39 is 0 Å². The number of nitrogens with zero attached hydrogens (tertiary/aromatic N) is 1. The fraction of sp³-hybridized carbons (Fsp3) is 0. The number of fused-ring (bicyclic) bond motifs is 7. The van der Waals surface area contributed by atoms with E-state index in [1.54, 1.807) is 0 Å². The second kappa shape index (κ2) is 4.99. The fourth-order valence-corrected chi connectivity index (χ4v) is 4.17. The van der Waals surface area contributed by atoms with Crippen LogP contribution in [0.3, 0.4) is 0 Å². The number of aromatic nitrogens is 2. The van der Waals surface area contributed by atoms with Crippen LogP contribution in [0.4, 0.5) is 0 Å². The summed E-state index contributed by atoms with van der Waals surface area (Å²) in [5.74, 6) is 0. The Morgan fingerprint density at radius 2 is 1.46 bits per heavy atom. The summed E-state index contributed by atoms with van der Waals surface area (Å²) in [4.78, 5) is 3.66. The largest absolute Gasteiger partial charge is 0.354 e. The van der Waals surface area contributed by atoms with Gasteiger partial charge in [0.05, 0.1) is 11.0 Å². The Labute approximate surface area is 150 Å². The maximum absolute atomic E-state index is 3.66. The number of hydrogen-bond donors (Lipinski definition) is 1. The molecule has 122 valence electrons. The lowest BCUT2D eigenvalue weighted by molar-refractivity contribution is 1.13. The molecule has 0 atom stereocenters. The first-order valence-corrected chi connectivity index (χ1v) is 8.89. The van der Waals surface area contributed by atoms with Crippen LogP contribution in [0.15, 0.2) is 91.1 Å². The molecule has 0 bridgehead atoms. The van der Waals surface area contributed by atoms with Gasteiger partial charge in [-0.1, -0.05) is 54.6 Å². The fourth-order valence-electron chi connectivity index (χ4n) is 4.17. The molecular formula is C24H16N2. The molecule has 2 heteroatoms. The van der Waals surface area contributed by atoms with Crippen molar-refractivity contribution in [2.75, 3.05) is 0 Å². The van der Waals surface area contributed by atoms with E-state index in [1.165, 1.54) is 49.2 Å². The molecule has 0 aliphatic carbocycles. The Kier molecular flexibility index (Phi) is 2.64. The molecule has 4 aromatic carbocycles. The van der Waals surface area contributed by atoms with E-state index in [0.29, 0.717) is 0 Å². The lowest BCUT2D eigenvalue weighted by Crippen LogP contribution is -1.90. The molecule has 6 rings (SSSR count).